The van der Waals surface area contributed by atoms with Gasteiger partial charge in [-0.3, -0.25) is 4.79 Å². The highest BCUT2D eigenvalue weighted by Gasteiger charge is 2.09. The summed E-state index contributed by atoms with van der Waals surface area (Å²) < 4.78 is 0. The van der Waals surface area contributed by atoms with Crippen molar-refractivity contribution < 1.29 is 4.79 Å². The van der Waals surface area contributed by atoms with Crippen LogP contribution in [0.3, 0.4) is 0 Å². The minimum atomic E-state index is 0.0482. The van der Waals surface area contributed by atoms with Gasteiger partial charge in [-0.1, -0.05) is 54.6 Å². The van der Waals surface area contributed by atoms with E-state index in [1.54, 1.807) is 6.08 Å². The largest absolute Gasteiger partial charge is 0.305 e. The topological polar surface area (TPSA) is 23.6 Å². The van der Waals surface area contributed by atoms with Crippen LogP contribution in [0.15, 0.2) is 54.6 Å². The molecule has 0 saturated heterocycles. The van der Waals surface area contributed by atoms with E-state index >= 15 is 0 Å². The number of nitrogens with zero attached hydrogens (tertiary/aromatic N) is 2. The van der Waals surface area contributed by atoms with Crippen LogP contribution in [0.4, 0.5) is 0 Å². The van der Waals surface area contributed by atoms with Gasteiger partial charge in [0.25, 0.3) is 0 Å². The van der Waals surface area contributed by atoms with E-state index in [1.165, 1.54) is 5.56 Å². The summed E-state index contributed by atoms with van der Waals surface area (Å²) in [6.45, 7) is 1.61. The van der Waals surface area contributed by atoms with Crippen LogP contribution in [0.5, 0.6) is 0 Å². The van der Waals surface area contributed by atoms with Crippen molar-refractivity contribution in [2.45, 2.75) is 13.1 Å². The van der Waals surface area contributed by atoms with Crippen molar-refractivity contribution in [2.24, 2.45) is 0 Å². The first kappa shape index (κ1) is 18.1. The maximum Gasteiger partial charge on any atom is 0.186 e. The lowest BCUT2D eigenvalue weighted by molar-refractivity contribution is 0.104. The minimum Gasteiger partial charge on any atom is -0.305 e. The molecule has 0 aromatic heterocycles. The third-order valence-electron chi connectivity index (χ3n) is 3.73. The molecule has 0 bridgehead atoms. The molecule has 0 spiro atoms. The van der Waals surface area contributed by atoms with Crippen LogP contribution in [0.1, 0.15) is 27.0 Å². The molecule has 3 heteroatoms. The molecule has 0 N–H and O–H groups in total. The molecule has 24 heavy (non-hydrogen) atoms. The summed E-state index contributed by atoms with van der Waals surface area (Å²) in [5.74, 6) is 0.0482. The fraction of sp³-hybridized carbons (Fsp3) is 0.286. The number of allylic oxidation sites excluding steroid dienone is 1. The van der Waals surface area contributed by atoms with Crippen molar-refractivity contribution in [3.8, 4) is 0 Å². The predicted octanol–water partition coefficient (Wildman–Crippen LogP) is 3.71. The quantitative estimate of drug-likeness (QED) is 0.573. The van der Waals surface area contributed by atoms with Crippen molar-refractivity contribution in [1.29, 1.82) is 0 Å². The highest BCUT2D eigenvalue weighted by molar-refractivity contribution is 6.07. The Morgan fingerprint density at radius 3 is 2.04 bits per heavy atom. The number of hydrogen-bond donors (Lipinski definition) is 0. The zero-order valence-electron chi connectivity index (χ0n) is 15.0. The molecule has 0 fully saturated rings. The third kappa shape index (κ3) is 5.15. The van der Waals surface area contributed by atoms with E-state index in [2.05, 4.69) is 15.9 Å². The second kappa shape index (κ2) is 8.57. The van der Waals surface area contributed by atoms with Gasteiger partial charge < -0.3 is 9.80 Å². The molecule has 126 valence electrons. The highest BCUT2D eigenvalue weighted by atomic mass is 16.1. The van der Waals surface area contributed by atoms with Crippen LogP contribution in [0.25, 0.3) is 6.08 Å². The lowest BCUT2D eigenvalue weighted by Gasteiger charge is -2.13. The predicted molar refractivity (Wildman–Crippen MR) is 101 cm³/mol. The van der Waals surface area contributed by atoms with E-state index in [0.29, 0.717) is 0 Å². The van der Waals surface area contributed by atoms with E-state index in [0.717, 1.165) is 29.8 Å². The van der Waals surface area contributed by atoms with Gasteiger partial charge in [-0.2, -0.15) is 0 Å². The van der Waals surface area contributed by atoms with Crippen molar-refractivity contribution in [3.05, 3.63) is 76.9 Å². The Morgan fingerprint density at radius 1 is 0.833 bits per heavy atom. The molecule has 0 saturated carbocycles. The molecule has 3 nitrogen and oxygen atoms in total. The van der Waals surface area contributed by atoms with Gasteiger partial charge in [0.15, 0.2) is 5.78 Å². The molecule has 2 aromatic rings. The van der Waals surface area contributed by atoms with E-state index in [4.69, 9.17) is 0 Å². The lowest BCUT2D eigenvalue weighted by atomic mass is 10.0. The van der Waals surface area contributed by atoms with Crippen LogP contribution in [0.2, 0.25) is 0 Å². The molecule has 0 aliphatic heterocycles. The maximum atomic E-state index is 12.6. The smallest absolute Gasteiger partial charge is 0.186 e. The average molecular weight is 322 g/mol. The Morgan fingerprint density at radius 2 is 1.38 bits per heavy atom. The summed E-state index contributed by atoms with van der Waals surface area (Å²) in [4.78, 5) is 16.8. The monoisotopic (exact) mass is 322 g/mol. The van der Waals surface area contributed by atoms with Crippen molar-refractivity contribution in [1.82, 2.24) is 9.80 Å². The standard InChI is InChI=1S/C21H26N2O/c1-22(2)15-18-10-6-5-9-17(18)13-14-21(24)20-12-8-7-11-19(20)16-23(3)4/h5-14H,15-16H2,1-4H3/b14-13+. The summed E-state index contributed by atoms with van der Waals surface area (Å²) in [6, 6.07) is 16.0. The Hall–Kier alpha value is -2.23. The number of ketones is 1. The first-order chi connectivity index (χ1) is 11.5. The van der Waals surface area contributed by atoms with Gasteiger partial charge in [0.05, 0.1) is 0 Å². The lowest BCUT2D eigenvalue weighted by Crippen LogP contribution is -2.13. The van der Waals surface area contributed by atoms with Crippen LogP contribution in [-0.4, -0.2) is 43.8 Å². The molecule has 0 aliphatic carbocycles. The van der Waals surface area contributed by atoms with E-state index in [-0.39, 0.29) is 5.78 Å². The highest BCUT2D eigenvalue weighted by Crippen LogP contribution is 2.15. The van der Waals surface area contributed by atoms with Gasteiger partial charge in [-0.05, 0) is 51.0 Å². The second-order valence-corrected chi connectivity index (χ2v) is 6.53. The van der Waals surface area contributed by atoms with E-state index < -0.39 is 0 Å². The van der Waals surface area contributed by atoms with Gasteiger partial charge in [-0.15, -0.1) is 0 Å². The van der Waals surface area contributed by atoms with Crippen molar-refractivity contribution in [3.63, 3.8) is 0 Å². The van der Waals surface area contributed by atoms with Crippen LogP contribution >= 0.6 is 0 Å². The van der Waals surface area contributed by atoms with Crippen LogP contribution in [-0.2, 0) is 13.1 Å². The minimum absolute atomic E-state index is 0.0482. The molecular formula is C21H26N2O. The Bertz CT molecular complexity index is 717. The first-order valence-corrected chi connectivity index (χ1v) is 8.15. The molecular weight excluding hydrogens is 296 g/mol. The molecule has 0 atom stereocenters. The van der Waals surface area contributed by atoms with Gasteiger partial charge in [0.1, 0.15) is 0 Å². The Labute approximate surface area is 145 Å². The Kier molecular flexibility index (Phi) is 6.47. The zero-order chi connectivity index (χ0) is 17.5. The molecule has 0 radical (unpaired) electrons. The van der Waals surface area contributed by atoms with Crippen molar-refractivity contribution in [2.75, 3.05) is 28.2 Å². The average Bonchev–Trinajstić information content (AvgIpc) is 2.53. The number of hydrogen-bond acceptors (Lipinski definition) is 3. The van der Waals surface area contributed by atoms with Gasteiger partial charge in [0, 0.05) is 18.7 Å². The number of carbonyl (C=O) groups is 1. The van der Waals surface area contributed by atoms with Gasteiger partial charge in [0.2, 0.25) is 0 Å². The zero-order valence-corrected chi connectivity index (χ0v) is 15.0. The van der Waals surface area contributed by atoms with Crippen molar-refractivity contribution >= 4 is 11.9 Å². The summed E-state index contributed by atoms with van der Waals surface area (Å²) in [5, 5.41) is 0. The fourth-order valence-corrected chi connectivity index (χ4v) is 2.68. The van der Waals surface area contributed by atoms with Gasteiger partial charge >= 0.3 is 0 Å². The molecule has 0 aliphatic rings. The Balaban J connectivity index is 2.23. The molecule has 0 unspecified atom stereocenters. The molecule has 0 amide bonds. The molecule has 2 rings (SSSR count). The summed E-state index contributed by atoms with van der Waals surface area (Å²) >= 11 is 0. The number of rotatable bonds is 7. The number of benzene rings is 2. The van der Waals surface area contributed by atoms with E-state index in [1.807, 2.05) is 76.7 Å². The summed E-state index contributed by atoms with van der Waals surface area (Å²) in [5.41, 5.74) is 4.13. The third-order valence-corrected chi connectivity index (χ3v) is 3.73. The summed E-state index contributed by atoms with van der Waals surface area (Å²) in [6.07, 6.45) is 3.61. The fourth-order valence-electron chi connectivity index (χ4n) is 2.68. The molecule has 0 heterocycles. The van der Waals surface area contributed by atoms with E-state index in [9.17, 15) is 4.79 Å². The summed E-state index contributed by atoms with van der Waals surface area (Å²) in [7, 11) is 8.11. The van der Waals surface area contributed by atoms with Crippen LogP contribution < -0.4 is 0 Å². The number of carbonyl (C=O) groups excluding carboxylic acids is 1. The maximum absolute atomic E-state index is 12.6. The second-order valence-electron chi connectivity index (χ2n) is 6.53. The SMILES string of the molecule is CN(C)Cc1ccccc1/C=C/C(=O)c1ccccc1CN(C)C. The first-order valence-electron chi connectivity index (χ1n) is 8.15. The molecule has 2 aromatic carbocycles. The normalized spacial score (nSPS) is 11.6. The van der Waals surface area contributed by atoms with Crippen LogP contribution in [0, 0.1) is 0 Å². The van der Waals surface area contributed by atoms with Gasteiger partial charge in [-0.25, -0.2) is 0 Å².